The Balaban J connectivity index is 1.79. The van der Waals surface area contributed by atoms with Gasteiger partial charge in [-0.3, -0.25) is 10.1 Å². The Morgan fingerprint density at radius 3 is 2.67 bits per heavy atom. The molecule has 1 N–H and O–H groups in total. The van der Waals surface area contributed by atoms with Crippen molar-refractivity contribution in [2.24, 2.45) is 0 Å². The molecule has 0 aliphatic carbocycles. The summed E-state index contributed by atoms with van der Waals surface area (Å²) >= 11 is 6.22. The van der Waals surface area contributed by atoms with Gasteiger partial charge in [0.1, 0.15) is 17.8 Å². The lowest BCUT2D eigenvalue weighted by atomic mass is 10.2. The van der Waals surface area contributed by atoms with E-state index in [9.17, 15) is 10.1 Å². The van der Waals surface area contributed by atoms with Crippen LogP contribution in [-0.4, -0.2) is 35.7 Å². The summed E-state index contributed by atoms with van der Waals surface area (Å²) in [5.41, 5.74) is 2.19. The molecule has 4 rings (SSSR count). The first-order valence-corrected chi connectivity index (χ1v) is 9.44. The molecule has 154 valence electrons. The number of nitro groups is 1. The predicted octanol–water partition coefficient (Wildman–Crippen LogP) is 4.49. The summed E-state index contributed by atoms with van der Waals surface area (Å²) in [6.07, 6.45) is 2.07. The van der Waals surface area contributed by atoms with E-state index in [4.69, 9.17) is 21.1 Å². The van der Waals surface area contributed by atoms with E-state index in [1.54, 1.807) is 12.1 Å². The number of halogens is 1. The number of methoxy groups -OCH3 is 2. The molecule has 0 fully saturated rings. The summed E-state index contributed by atoms with van der Waals surface area (Å²) in [4.78, 5) is 21.7. The Kier molecular flexibility index (Phi) is 5.28. The maximum Gasteiger partial charge on any atom is 0.354 e. The molecule has 0 atom stereocenters. The molecule has 9 nitrogen and oxygen atoms in total. The topological polar surface area (TPSA) is 103 Å². The predicted molar refractivity (Wildman–Crippen MR) is 114 cm³/mol. The van der Waals surface area contributed by atoms with E-state index in [-0.39, 0.29) is 17.3 Å². The van der Waals surface area contributed by atoms with Gasteiger partial charge in [-0.25, -0.2) is 9.97 Å². The van der Waals surface area contributed by atoms with Crippen LogP contribution < -0.4 is 19.7 Å². The van der Waals surface area contributed by atoms with Crippen LogP contribution in [0.25, 0.3) is 0 Å². The van der Waals surface area contributed by atoms with E-state index in [1.165, 1.54) is 20.5 Å². The molecule has 0 saturated heterocycles. The lowest BCUT2D eigenvalue weighted by Crippen LogP contribution is -2.17. The molecule has 30 heavy (non-hydrogen) atoms. The Hall–Kier alpha value is -3.59. The maximum absolute atomic E-state index is 12.0. The number of benzene rings is 2. The molecular weight excluding hydrogens is 410 g/mol. The number of anilines is 4. The summed E-state index contributed by atoms with van der Waals surface area (Å²) in [5.74, 6) is 1.08. The molecule has 3 aromatic rings. The SMILES string of the molecule is COc1cc(OC)c(Nc2ncnc(N3CCc4ccccc43)c2[N+](=O)[O-])cc1Cl. The summed E-state index contributed by atoms with van der Waals surface area (Å²) in [6, 6.07) is 10.9. The minimum atomic E-state index is -0.490. The van der Waals surface area contributed by atoms with Gasteiger partial charge in [-0.15, -0.1) is 0 Å². The second-order valence-corrected chi connectivity index (χ2v) is 6.90. The third kappa shape index (κ3) is 3.43. The van der Waals surface area contributed by atoms with E-state index in [0.717, 1.165) is 17.7 Å². The van der Waals surface area contributed by atoms with Gasteiger partial charge in [0.2, 0.25) is 11.6 Å². The van der Waals surface area contributed by atoms with Crippen LogP contribution in [0.2, 0.25) is 5.02 Å². The average Bonchev–Trinajstić information content (AvgIpc) is 3.17. The van der Waals surface area contributed by atoms with Crippen LogP contribution in [-0.2, 0) is 6.42 Å². The van der Waals surface area contributed by atoms with Gasteiger partial charge in [0.15, 0.2) is 0 Å². The van der Waals surface area contributed by atoms with Gasteiger partial charge in [-0.1, -0.05) is 29.8 Å². The molecule has 0 saturated carbocycles. The Bertz CT molecular complexity index is 1120. The highest BCUT2D eigenvalue weighted by molar-refractivity contribution is 6.32. The molecule has 2 aromatic carbocycles. The minimum Gasteiger partial charge on any atom is -0.495 e. The van der Waals surface area contributed by atoms with Crippen LogP contribution in [0.1, 0.15) is 5.56 Å². The quantitative estimate of drug-likeness (QED) is 0.453. The molecule has 2 heterocycles. The zero-order valence-electron chi connectivity index (χ0n) is 16.3. The summed E-state index contributed by atoms with van der Waals surface area (Å²) < 4.78 is 10.6. The van der Waals surface area contributed by atoms with Gasteiger partial charge < -0.3 is 19.7 Å². The highest BCUT2D eigenvalue weighted by Gasteiger charge is 2.31. The fourth-order valence-corrected chi connectivity index (χ4v) is 3.71. The van der Waals surface area contributed by atoms with Gasteiger partial charge >= 0.3 is 5.69 Å². The zero-order valence-corrected chi connectivity index (χ0v) is 17.0. The van der Waals surface area contributed by atoms with Gasteiger partial charge in [0.05, 0.1) is 29.9 Å². The summed E-state index contributed by atoms with van der Waals surface area (Å²) in [7, 11) is 2.97. The second-order valence-electron chi connectivity index (χ2n) is 6.49. The molecule has 0 spiro atoms. The molecule has 1 aliphatic heterocycles. The van der Waals surface area contributed by atoms with E-state index in [2.05, 4.69) is 15.3 Å². The largest absolute Gasteiger partial charge is 0.495 e. The van der Waals surface area contributed by atoms with Crippen molar-refractivity contribution < 1.29 is 14.4 Å². The number of ether oxygens (including phenoxy) is 2. The smallest absolute Gasteiger partial charge is 0.354 e. The summed E-state index contributed by atoms with van der Waals surface area (Å²) in [6.45, 7) is 0.592. The molecule has 0 unspecified atom stereocenters. The maximum atomic E-state index is 12.0. The van der Waals surface area contributed by atoms with Crippen molar-refractivity contribution in [1.82, 2.24) is 9.97 Å². The minimum absolute atomic E-state index is 0.0360. The van der Waals surface area contributed by atoms with Crippen molar-refractivity contribution in [2.45, 2.75) is 6.42 Å². The Morgan fingerprint density at radius 1 is 1.17 bits per heavy atom. The van der Waals surface area contributed by atoms with Crippen molar-refractivity contribution in [2.75, 3.05) is 31.0 Å². The fourth-order valence-electron chi connectivity index (χ4n) is 3.47. The number of hydrogen-bond acceptors (Lipinski definition) is 8. The first-order chi connectivity index (χ1) is 14.5. The lowest BCUT2D eigenvalue weighted by Gasteiger charge is -2.19. The first kappa shape index (κ1) is 19.7. The summed E-state index contributed by atoms with van der Waals surface area (Å²) in [5, 5.41) is 15.3. The fraction of sp³-hybridized carbons (Fsp3) is 0.200. The highest BCUT2D eigenvalue weighted by atomic mass is 35.5. The van der Waals surface area contributed by atoms with E-state index in [1.807, 2.05) is 29.2 Å². The van der Waals surface area contributed by atoms with E-state index < -0.39 is 4.92 Å². The number of rotatable bonds is 6. The van der Waals surface area contributed by atoms with Crippen molar-refractivity contribution in [3.05, 3.63) is 63.4 Å². The molecular formula is C20H18ClN5O4. The van der Waals surface area contributed by atoms with Crippen LogP contribution in [0.4, 0.5) is 28.7 Å². The molecule has 0 radical (unpaired) electrons. The molecule has 1 aromatic heterocycles. The molecule has 1 aliphatic rings. The van der Waals surface area contributed by atoms with Gasteiger partial charge in [-0.2, -0.15) is 0 Å². The van der Waals surface area contributed by atoms with Crippen molar-refractivity contribution in [3.63, 3.8) is 0 Å². The van der Waals surface area contributed by atoms with Crippen LogP contribution in [0.5, 0.6) is 11.5 Å². The van der Waals surface area contributed by atoms with Gasteiger partial charge in [0.25, 0.3) is 0 Å². The molecule has 0 amide bonds. The standard InChI is InChI=1S/C20H18ClN5O4/c1-29-16-10-17(30-2)14(9-13(16)21)24-19-18(26(27)28)20(23-11-22-19)25-8-7-12-5-3-4-6-15(12)25/h3-6,9-11H,7-8H2,1-2H3,(H,22,23,24). The van der Waals surface area contributed by atoms with Crippen LogP contribution in [0, 0.1) is 10.1 Å². The zero-order chi connectivity index (χ0) is 21.3. The molecule has 0 bridgehead atoms. The monoisotopic (exact) mass is 427 g/mol. The number of aromatic nitrogens is 2. The number of nitrogens with zero attached hydrogens (tertiary/aromatic N) is 4. The highest BCUT2D eigenvalue weighted by Crippen LogP contribution is 2.43. The average molecular weight is 428 g/mol. The first-order valence-electron chi connectivity index (χ1n) is 9.07. The van der Waals surface area contributed by atoms with Crippen LogP contribution in [0.3, 0.4) is 0 Å². The third-order valence-corrected chi connectivity index (χ3v) is 5.15. The Morgan fingerprint density at radius 2 is 1.93 bits per heavy atom. The number of para-hydroxylation sites is 1. The van der Waals surface area contributed by atoms with Gasteiger partial charge in [-0.05, 0) is 24.1 Å². The molecule has 10 heteroatoms. The van der Waals surface area contributed by atoms with E-state index in [0.29, 0.717) is 28.8 Å². The number of hydrogen-bond donors (Lipinski definition) is 1. The number of nitrogens with one attached hydrogen (secondary N) is 1. The third-order valence-electron chi connectivity index (χ3n) is 4.86. The number of fused-ring (bicyclic) bond motifs is 1. The van der Waals surface area contributed by atoms with Crippen molar-refractivity contribution in [3.8, 4) is 11.5 Å². The van der Waals surface area contributed by atoms with Crippen molar-refractivity contribution in [1.29, 1.82) is 0 Å². The van der Waals surface area contributed by atoms with Crippen LogP contribution >= 0.6 is 11.6 Å². The van der Waals surface area contributed by atoms with Crippen LogP contribution in [0.15, 0.2) is 42.7 Å². The van der Waals surface area contributed by atoms with E-state index >= 15 is 0 Å². The second kappa shape index (κ2) is 8.03. The lowest BCUT2D eigenvalue weighted by molar-refractivity contribution is -0.383. The normalized spacial score (nSPS) is 12.4. The van der Waals surface area contributed by atoms with Gasteiger partial charge in [0, 0.05) is 18.3 Å². The Labute approximate surface area is 177 Å². The van der Waals surface area contributed by atoms with Crippen molar-refractivity contribution >= 4 is 40.3 Å².